The topological polar surface area (TPSA) is 59.4 Å². The normalized spacial score (nSPS) is 13.1. The molecule has 2 aromatic carbocycles. The van der Waals surface area contributed by atoms with E-state index in [1.807, 2.05) is 70.2 Å². The van der Waals surface area contributed by atoms with Crippen LogP contribution in [-0.4, -0.2) is 33.3 Å². The van der Waals surface area contributed by atoms with E-state index in [1.165, 1.54) is 0 Å². The molecular formula is C25H30N4O2. The van der Waals surface area contributed by atoms with Crippen LogP contribution in [0.15, 0.2) is 60.7 Å². The lowest BCUT2D eigenvalue weighted by molar-refractivity contribution is 0.191. The van der Waals surface area contributed by atoms with Crippen LogP contribution in [0, 0.1) is 0 Å². The Hall–Kier alpha value is -3.28. The van der Waals surface area contributed by atoms with E-state index in [-0.39, 0.29) is 12.1 Å². The van der Waals surface area contributed by atoms with Crippen LogP contribution in [0.25, 0.3) is 5.69 Å². The van der Waals surface area contributed by atoms with Gasteiger partial charge in [-0.3, -0.25) is 0 Å². The molecule has 1 aromatic heterocycles. The number of urea groups is 1. The number of ether oxygens (including phenoxy) is 1. The summed E-state index contributed by atoms with van der Waals surface area (Å²) in [6.45, 7) is 5.32. The van der Waals surface area contributed by atoms with Crippen molar-refractivity contribution in [2.45, 2.75) is 52.1 Å². The molecular weight excluding hydrogens is 388 g/mol. The molecule has 3 aromatic rings. The number of carbonyl (C=O) groups excluding carboxylic acids is 1. The van der Waals surface area contributed by atoms with Crippen LogP contribution in [0.5, 0.6) is 11.6 Å². The first-order valence-electron chi connectivity index (χ1n) is 11.1. The van der Waals surface area contributed by atoms with E-state index in [1.54, 1.807) is 0 Å². The highest BCUT2D eigenvalue weighted by Gasteiger charge is 2.34. The number of benzene rings is 2. The number of carbonyl (C=O) groups is 1. The summed E-state index contributed by atoms with van der Waals surface area (Å²) in [5, 5.41) is 7.92. The number of nitrogens with one attached hydrogen (secondary N) is 1. The summed E-state index contributed by atoms with van der Waals surface area (Å²) in [5.74, 6) is 1.42. The van der Waals surface area contributed by atoms with Crippen LogP contribution >= 0.6 is 0 Å². The summed E-state index contributed by atoms with van der Waals surface area (Å²) in [5.41, 5.74) is 2.85. The number of aromatic nitrogens is 2. The van der Waals surface area contributed by atoms with Gasteiger partial charge in [-0.2, -0.15) is 5.10 Å². The number of rotatable bonds is 9. The van der Waals surface area contributed by atoms with Gasteiger partial charge in [-0.25, -0.2) is 9.48 Å². The Bertz CT molecular complexity index is 997. The maximum atomic E-state index is 12.9. The number of hydrogen-bond donors (Lipinski definition) is 1. The van der Waals surface area contributed by atoms with E-state index in [4.69, 9.17) is 9.84 Å². The van der Waals surface area contributed by atoms with Gasteiger partial charge in [0, 0.05) is 12.6 Å². The Balaban J connectivity index is 1.74. The van der Waals surface area contributed by atoms with Crippen LogP contribution < -0.4 is 10.1 Å². The van der Waals surface area contributed by atoms with Gasteiger partial charge >= 0.3 is 6.03 Å². The molecule has 0 bridgehead atoms. The quantitative estimate of drug-likeness (QED) is 0.512. The molecule has 0 unspecified atom stereocenters. The van der Waals surface area contributed by atoms with Gasteiger partial charge in [0.1, 0.15) is 5.75 Å². The predicted molar refractivity (Wildman–Crippen MR) is 122 cm³/mol. The summed E-state index contributed by atoms with van der Waals surface area (Å²) in [7, 11) is 0. The summed E-state index contributed by atoms with van der Waals surface area (Å²) in [6.07, 6.45) is 3.76. The summed E-state index contributed by atoms with van der Waals surface area (Å²) < 4.78 is 8.24. The lowest BCUT2D eigenvalue weighted by Gasteiger charge is -2.23. The number of hydrogen-bond acceptors (Lipinski definition) is 3. The highest BCUT2D eigenvalue weighted by molar-refractivity contribution is 5.75. The number of amides is 2. The molecule has 1 saturated carbocycles. The zero-order valence-electron chi connectivity index (χ0n) is 18.3. The average molecular weight is 419 g/mol. The minimum absolute atomic E-state index is 0.00970. The molecule has 0 atom stereocenters. The Labute approximate surface area is 183 Å². The van der Waals surface area contributed by atoms with E-state index in [0.717, 1.165) is 48.4 Å². The van der Waals surface area contributed by atoms with E-state index in [9.17, 15) is 4.79 Å². The molecule has 1 heterocycles. The first-order valence-corrected chi connectivity index (χ1v) is 11.1. The van der Waals surface area contributed by atoms with Gasteiger partial charge in [0.05, 0.1) is 23.5 Å². The van der Waals surface area contributed by atoms with E-state index in [0.29, 0.717) is 19.0 Å². The van der Waals surface area contributed by atoms with Crippen molar-refractivity contribution >= 4 is 6.03 Å². The average Bonchev–Trinajstić information content (AvgIpc) is 3.60. The number of aryl methyl sites for hydroxylation is 1. The lowest BCUT2D eigenvalue weighted by Crippen LogP contribution is -2.41. The molecule has 1 N–H and O–H groups in total. The molecule has 162 valence electrons. The van der Waals surface area contributed by atoms with Crippen LogP contribution in [0.1, 0.15) is 44.4 Å². The third-order valence-electron chi connectivity index (χ3n) is 5.42. The second-order valence-electron chi connectivity index (χ2n) is 7.84. The minimum atomic E-state index is -0.00970. The van der Waals surface area contributed by atoms with Crippen molar-refractivity contribution in [2.24, 2.45) is 0 Å². The van der Waals surface area contributed by atoms with Gasteiger partial charge in [0.15, 0.2) is 0 Å². The van der Waals surface area contributed by atoms with Crippen molar-refractivity contribution in [1.29, 1.82) is 0 Å². The third-order valence-corrected chi connectivity index (χ3v) is 5.42. The van der Waals surface area contributed by atoms with Gasteiger partial charge in [-0.15, -0.1) is 0 Å². The van der Waals surface area contributed by atoms with E-state index < -0.39 is 0 Å². The summed E-state index contributed by atoms with van der Waals surface area (Å²) in [4.78, 5) is 14.8. The Kier molecular flexibility index (Phi) is 6.55. The van der Waals surface area contributed by atoms with Gasteiger partial charge < -0.3 is 15.0 Å². The minimum Gasteiger partial charge on any atom is -0.439 e. The van der Waals surface area contributed by atoms with Gasteiger partial charge in [0.25, 0.3) is 0 Å². The molecule has 1 aliphatic carbocycles. The fourth-order valence-corrected chi connectivity index (χ4v) is 3.63. The highest BCUT2D eigenvalue weighted by atomic mass is 16.5. The van der Waals surface area contributed by atoms with Crippen molar-refractivity contribution in [2.75, 3.05) is 6.54 Å². The molecule has 0 radical (unpaired) electrons. The molecule has 6 heteroatoms. The molecule has 2 amide bonds. The number of nitrogens with zero attached hydrogens (tertiary/aromatic N) is 3. The number of para-hydroxylation sites is 2. The van der Waals surface area contributed by atoms with Crippen molar-refractivity contribution in [1.82, 2.24) is 20.0 Å². The van der Waals surface area contributed by atoms with Crippen LogP contribution in [-0.2, 0) is 13.0 Å². The zero-order valence-corrected chi connectivity index (χ0v) is 18.3. The fourth-order valence-electron chi connectivity index (χ4n) is 3.63. The molecule has 1 aliphatic rings. The monoisotopic (exact) mass is 418 g/mol. The van der Waals surface area contributed by atoms with Crippen LogP contribution in [0.3, 0.4) is 0 Å². The zero-order chi connectivity index (χ0) is 21.6. The SMILES string of the molecule is CCCNC(=O)N(Cc1c(CC)nn(-c2ccccc2)c1Oc1ccccc1)C1CC1. The third kappa shape index (κ3) is 4.90. The van der Waals surface area contributed by atoms with Gasteiger partial charge in [0.2, 0.25) is 5.88 Å². The summed E-state index contributed by atoms with van der Waals surface area (Å²) >= 11 is 0. The van der Waals surface area contributed by atoms with Crippen LogP contribution in [0.4, 0.5) is 4.79 Å². The van der Waals surface area contributed by atoms with Crippen LogP contribution in [0.2, 0.25) is 0 Å². The Morgan fingerprint density at radius 1 is 1.10 bits per heavy atom. The molecule has 1 fully saturated rings. The Morgan fingerprint density at radius 2 is 1.77 bits per heavy atom. The molecule has 0 aliphatic heterocycles. The van der Waals surface area contributed by atoms with Crippen molar-refractivity contribution in [3.05, 3.63) is 71.9 Å². The highest BCUT2D eigenvalue weighted by Crippen LogP contribution is 2.35. The molecule has 31 heavy (non-hydrogen) atoms. The first kappa shape index (κ1) is 21.0. The van der Waals surface area contributed by atoms with E-state index in [2.05, 4.69) is 19.2 Å². The maximum Gasteiger partial charge on any atom is 0.317 e. The predicted octanol–water partition coefficient (Wildman–Crippen LogP) is 5.31. The van der Waals surface area contributed by atoms with Gasteiger partial charge in [-0.05, 0) is 49.9 Å². The lowest BCUT2D eigenvalue weighted by atomic mass is 10.2. The molecule has 4 rings (SSSR count). The molecule has 0 saturated heterocycles. The fraction of sp³-hybridized carbons (Fsp3) is 0.360. The largest absolute Gasteiger partial charge is 0.439 e. The molecule has 6 nitrogen and oxygen atoms in total. The van der Waals surface area contributed by atoms with Gasteiger partial charge in [-0.1, -0.05) is 50.2 Å². The Morgan fingerprint density at radius 3 is 2.39 bits per heavy atom. The van der Waals surface area contributed by atoms with Crippen molar-refractivity contribution < 1.29 is 9.53 Å². The second-order valence-corrected chi connectivity index (χ2v) is 7.84. The van der Waals surface area contributed by atoms with E-state index >= 15 is 0 Å². The second kappa shape index (κ2) is 9.69. The molecule has 0 spiro atoms. The van der Waals surface area contributed by atoms with Crippen molar-refractivity contribution in [3.63, 3.8) is 0 Å². The van der Waals surface area contributed by atoms with Crippen molar-refractivity contribution in [3.8, 4) is 17.3 Å². The summed E-state index contributed by atoms with van der Waals surface area (Å²) in [6, 6.07) is 20.0. The standard InChI is InChI=1S/C25H30N4O2/c1-3-17-26-25(30)28(19-15-16-19)18-22-23(4-2)27-29(20-11-7-5-8-12-20)24(22)31-21-13-9-6-10-14-21/h5-14,19H,3-4,15-18H2,1-2H3,(H,26,30). The first-order chi connectivity index (χ1) is 15.2. The smallest absolute Gasteiger partial charge is 0.317 e. The maximum absolute atomic E-state index is 12.9.